The Bertz CT molecular complexity index is 996. The Morgan fingerprint density at radius 1 is 1.00 bits per heavy atom. The molecule has 0 radical (unpaired) electrons. The van der Waals surface area contributed by atoms with Crippen molar-refractivity contribution in [3.8, 4) is 0 Å². The van der Waals surface area contributed by atoms with Gasteiger partial charge in [-0.2, -0.15) is 0 Å². The third-order valence-electron chi connectivity index (χ3n) is 5.00. The van der Waals surface area contributed by atoms with Gasteiger partial charge in [-0.25, -0.2) is 4.98 Å². The van der Waals surface area contributed by atoms with Gasteiger partial charge in [-0.15, -0.1) is 0 Å². The molecule has 6 nitrogen and oxygen atoms in total. The maximum Gasteiger partial charge on any atom is 0.294 e. The first-order chi connectivity index (χ1) is 13.6. The second-order valence-electron chi connectivity index (χ2n) is 6.86. The summed E-state index contributed by atoms with van der Waals surface area (Å²) in [6, 6.07) is 18.7. The molecular formula is C22H22N4O2. The lowest BCUT2D eigenvalue weighted by Crippen LogP contribution is -2.30. The molecule has 0 saturated heterocycles. The van der Waals surface area contributed by atoms with Crippen LogP contribution in [-0.4, -0.2) is 28.4 Å². The standard InChI is InChI=1S/C22H22N4O2/c1-25(17-12-6-3-7-13-17)22(28)20-24-19(18-14-8-9-15-26(18)20)21(27)23-16-10-4-2-5-11-16/h2-7,10-13H,8-9,14-15H2,1H3,(H,23,27). The molecular weight excluding hydrogens is 352 g/mol. The lowest BCUT2D eigenvalue weighted by molar-refractivity contribution is 0.0978. The van der Waals surface area contributed by atoms with Crippen LogP contribution in [0.5, 0.6) is 0 Å². The topological polar surface area (TPSA) is 67.2 Å². The van der Waals surface area contributed by atoms with E-state index >= 15 is 0 Å². The van der Waals surface area contributed by atoms with Gasteiger partial charge < -0.3 is 14.8 Å². The maximum atomic E-state index is 13.1. The van der Waals surface area contributed by atoms with Crippen LogP contribution in [0.1, 0.15) is 39.6 Å². The van der Waals surface area contributed by atoms with Crippen molar-refractivity contribution in [2.45, 2.75) is 25.8 Å². The summed E-state index contributed by atoms with van der Waals surface area (Å²) in [5, 5.41) is 2.88. The maximum absolute atomic E-state index is 13.1. The van der Waals surface area contributed by atoms with E-state index in [1.54, 1.807) is 11.9 Å². The van der Waals surface area contributed by atoms with Gasteiger partial charge in [0.15, 0.2) is 5.69 Å². The Kier molecular flexibility index (Phi) is 4.93. The normalized spacial score (nSPS) is 12.9. The molecule has 142 valence electrons. The number of aromatic nitrogens is 2. The van der Waals surface area contributed by atoms with Crippen LogP contribution in [0, 0.1) is 0 Å². The molecule has 1 N–H and O–H groups in total. The van der Waals surface area contributed by atoms with Crippen molar-refractivity contribution in [3.05, 3.63) is 77.9 Å². The Labute approximate surface area is 163 Å². The van der Waals surface area contributed by atoms with Gasteiger partial charge in [0.2, 0.25) is 5.82 Å². The van der Waals surface area contributed by atoms with Crippen molar-refractivity contribution in [3.63, 3.8) is 0 Å². The summed E-state index contributed by atoms with van der Waals surface area (Å²) in [7, 11) is 1.73. The number of imidazole rings is 1. The van der Waals surface area contributed by atoms with E-state index in [1.807, 2.05) is 65.2 Å². The second kappa shape index (κ2) is 7.68. The summed E-state index contributed by atoms with van der Waals surface area (Å²) in [6.07, 6.45) is 2.70. The molecule has 3 aromatic rings. The molecule has 6 heteroatoms. The molecule has 0 saturated carbocycles. The molecule has 0 fully saturated rings. The van der Waals surface area contributed by atoms with Gasteiger partial charge in [0.25, 0.3) is 11.8 Å². The average Bonchev–Trinajstić information content (AvgIpc) is 3.14. The predicted octanol–water partition coefficient (Wildman–Crippen LogP) is 3.75. The number of anilines is 2. The largest absolute Gasteiger partial charge is 0.323 e. The van der Waals surface area contributed by atoms with Crippen molar-refractivity contribution in [2.24, 2.45) is 0 Å². The van der Waals surface area contributed by atoms with E-state index in [-0.39, 0.29) is 11.8 Å². The summed E-state index contributed by atoms with van der Waals surface area (Å²) in [5.41, 5.74) is 2.67. The molecule has 1 aromatic heterocycles. The molecule has 1 aliphatic rings. The van der Waals surface area contributed by atoms with Crippen molar-refractivity contribution in [1.82, 2.24) is 9.55 Å². The highest BCUT2D eigenvalue weighted by molar-refractivity contribution is 6.07. The van der Waals surface area contributed by atoms with Gasteiger partial charge in [-0.1, -0.05) is 36.4 Å². The zero-order chi connectivity index (χ0) is 19.5. The summed E-state index contributed by atoms with van der Waals surface area (Å²) >= 11 is 0. The van der Waals surface area contributed by atoms with Crippen LogP contribution in [0.4, 0.5) is 11.4 Å². The highest BCUT2D eigenvalue weighted by Gasteiger charge is 2.29. The summed E-state index contributed by atoms with van der Waals surface area (Å²) < 4.78 is 1.91. The quantitative estimate of drug-likeness (QED) is 0.756. The van der Waals surface area contributed by atoms with E-state index in [0.29, 0.717) is 23.8 Å². The summed E-state index contributed by atoms with van der Waals surface area (Å²) in [5.74, 6) is -0.175. The smallest absolute Gasteiger partial charge is 0.294 e. The lowest BCUT2D eigenvalue weighted by Gasteiger charge is -2.20. The molecule has 0 aliphatic carbocycles. The van der Waals surface area contributed by atoms with Crippen molar-refractivity contribution < 1.29 is 9.59 Å². The van der Waals surface area contributed by atoms with Gasteiger partial charge in [-0.05, 0) is 43.5 Å². The predicted molar refractivity (Wildman–Crippen MR) is 109 cm³/mol. The fourth-order valence-corrected chi connectivity index (χ4v) is 3.52. The third kappa shape index (κ3) is 3.41. The molecule has 0 spiro atoms. The molecule has 2 aromatic carbocycles. The Morgan fingerprint density at radius 2 is 1.68 bits per heavy atom. The molecule has 1 aliphatic heterocycles. The van der Waals surface area contributed by atoms with Crippen LogP contribution in [0.2, 0.25) is 0 Å². The minimum absolute atomic E-state index is 0.215. The zero-order valence-corrected chi connectivity index (χ0v) is 15.8. The number of hydrogen-bond acceptors (Lipinski definition) is 3. The van der Waals surface area contributed by atoms with Crippen LogP contribution in [0.3, 0.4) is 0 Å². The fraction of sp³-hybridized carbons (Fsp3) is 0.227. The molecule has 0 atom stereocenters. The number of benzene rings is 2. The second-order valence-corrected chi connectivity index (χ2v) is 6.86. The minimum atomic E-state index is -0.279. The van der Waals surface area contributed by atoms with Crippen LogP contribution in [-0.2, 0) is 13.0 Å². The highest BCUT2D eigenvalue weighted by atomic mass is 16.2. The highest BCUT2D eigenvalue weighted by Crippen LogP contribution is 2.24. The number of nitrogens with zero attached hydrogens (tertiary/aromatic N) is 3. The average molecular weight is 374 g/mol. The number of fused-ring (bicyclic) bond motifs is 1. The van der Waals surface area contributed by atoms with E-state index in [1.165, 1.54) is 0 Å². The SMILES string of the molecule is CN(C(=O)c1nc(C(=O)Nc2ccccc2)c2n1CCCC2)c1ccccc1. The summed E-state index contributed by atoms with van der Waals surface area (Å²) in [4.78, 5) is 32.0. The van der Waals surface area contributed by atoms with E-state index in [0.717, 1.165) is 30.6 Å². The van der Waals surface area contributed by atoms with Crippen LogP contribution < -0.4 is 10.2 Å². The number of hydrogen-bond donors (Lipinski definition) is 1. The monoisotopic (exact) mass is 374 g/mol. The molecule has 28 heavy (non-hydrogen) atoms. The van der Waals surface area contributed by atoms with Crippen molar-refractivity contribution in [2.75, 3.05) is 17.3 Å². The summed E-state index contributed by atoms with van der Waals surface area (Å²) in [6.45, 7) is 0.699. The molecule has 0 unspecified atom stereocenters. The minimum Gasteiger partial charge on any atom is -0.323 e. The Hall–Kier alpha value is -3.41. The van der Waals surface area contributed by atoms with Crippen LogP contribution >= 0.6 is 0 Å². The van der Waals surface area contributed by atoms with Gasteiger partial charge >= 0.3 is 0 Å². The van der Waals surface area contributed by atoms with E-state index in [4.69, 9.17) is 0 Å². The number of nitrogens with one attached hydrogen (secondary N) is 1. The number of para-hydroxylation sites is 2. The van der Waals surface area contributed by atoms with Crippen molar-refractivity contribution >= 4 is 23.2 Å². The van der Waals surface area contributed by atoms with Gasteiger partial charge in [-0.3, -0.25) is 9.59 Å². The zero-order valence-electron chi connectivity index (χ0n) is 15.8. The fourth-order valence-electron chi connectivity index (χ4n) is 3.52. The van der Waals surface area contributed by atoms with E-state index in [2.05, 4.69) is 10.3 Å². The molecule has 4 rings (SSSR count). The lowest BCUT2D eigenvalue weighted by atomic mass is 10.1. The Balaban J connectivity index is 1.67. The molecule has 2 heterocycles. The van der Waals surface area contributed by atoms with Crippen LogP contribution in [0.15, 0.2) is 60.7 Å². The van der Waals surface area contributed by atoms with Gasteiger partial charge in [0.1, 0.15) is 0 Å². The van der Waals surface area contributed by atoms with Gasteiger partial charge in [0.05, 0.1) is 5.69 Å². The number of amides is 2. The van der Waals surface area contributed by atoms with E-state index in [9.17, 15) is 9.59 Å². The first-order valence-electron chi connectivity index (χ1n) is 9.44. The van der Waals surface area contributed by atoms with Crippen LogP contribution in [0.25, 0.3) is 0 Å². The number of carbonyl (C=O) groups is 2. The molecule has 0 bridgehead atoms. The third-order valence-corrected chi connectivity index (χ3v) is 5.00. The first-order valence-corrected chi connectivity index (χ1v) is 9.44. The first kappa shape index (κ1) is 18.0. The number of carbonyl (C=O) groups excluding carboxylic acids is 2. The van der Waals surface area contributed by atoms with E-state index < -0.39 is 0 Å². The number of rotatable bonds is 4. The van der Waals surface area contributed by atoms with Gasteiger partial charge in [0, 0.05) is 25.0 Å². The molecule has 2 amide bonds. The van der Waals surface area contributed by atoms with Crippen molar-refractivity contribution in [1.29, 1.82) is 0 Å². The Morgan fingerprint density at radius 3 is 2.39 bits per heavy atom.